The Morgan fingerprint density at radius 2 is 1.93 bits per heavy atom. The maximum absolute atomic E-state index is 13.0. The van der Waals surface area contributed by atoms with E-state index in [0.717, 1.165) is 37.1 Å². The Labute approximate surface area is 171 Å². The molecule has 1 saturated heterocycles. The zero-order valence-corrected chi connectivity index (χ0v) is 17.6. The summed E-state index contributed by atoms with van der Waals surface area (Å²) in [6, 6.07) is 6.25. The molecule has 4 rings (SSSR count). The van der Waals surface area contributed by atoms with Gasteiger partial charge in [-0.25, -0.2) is 8.42 Å². The standard InChI is InChI=1S/C20H27N5O3S/c1-14-5-9-18(10-6-14)29(27,28)23-15(2)20(26)24-11-3-4-16(12-24)19-22-21-13-25(19)17-7-8-17/h5-6,9-10,13,15-17,23H,3-4,7-8,11-12H2,1-2H3/t15-,16?/m0/s1. The summed E-state index contributed by atoms with van der Waals surface area (Å²) in [5.41, 5.74) is 0.978. The molecular weight excluding hydrogens is 390 g/mol. The fourth-order valence-electron chi connectivity index (χ4n) is 3.91. The third-order valence-electron chi connectivity index (χ3n) is 5.67. The van der Waals surface area contributed by atoms with Gasteiger partial charge in [0.15, 0.2) is 0 Å². The number of carbonyl (C=O) groups excluding carboxylic acids is 1. The summed E-state index contributed by atoms with van der Waals surface area (Å²) in [6.45, 7) is 4.67. The highest BCUT2D eigenvalue weighted by Crippen LogP contribution is 2.38. The van der Waals surface area contributed by atoms with Crippen molar-refractivity contribution >= 4 is 15.9 Å². The second-order valence-electron chi connectivity index (χ2n) is 8.11. The monoisotopic (exact) mass is 417 g/mol. The maximum atomic E-state index is 13.0. The quantitative estimate of drug-likeness (QED) is 0.775. The molecule has 156 valence electrons. The van der Waals surface area contributed by atoms with Crippen molar-refractivity contribution in [2.24, 2.45) is 0 Å². The van der Waals surface area contributed by atoms with Gasteiger partial charge in [-0.3, -0.25) is 4.79 Å². The first-order chi connectivity index (χ1) is 13.8. The molecule has 1 N–H and O–H groups in total. The molecule has 2 aliphatic rings. The van der Waals surface area contributed by atoms with Crippen LogP contribution in [0.2, 0.25) is 0 Å². The van der Waals surface area contributed by atoms with Crippen molar-refractivity contribution in [2.45, 2.75) is 62.4 Å². The van der Waals surface area contributed by atoms with Crippen molar-refractivity contribution in [3.63, 3.8) is 0 Å². The van der Waals surface area contributed by atoms with Crippen molar-refractivity contribution < 1.29 is 13.2 Å². The fraction of sp³-hybridized carbons (Fsp3) is 0.550. The largest absolute Gasteiger partial charge is 0.341 e. The van der Waals surface area contributed by atoms with E-state index in [1.165, 1.54) is 0 Å². The highest BCUT2D eigenvalue weighted by atomic mass is 32.2. The molecule has 1 aliphatic heterocycles. The number of benzene rings is 1. The minimum absolute atomic E-state index is 0.136. The lowest BCUT2D eigenvalue weighted by Gasteiger charge is -2.34. The molecule has 0 radical (unpaired) electrons. The van der Waals surface area contributed by atoms with E-state index >= 15 is 0 Å². The zero-order valence-electron chi connectivity index (χ0n) is 16.8. The van der Waals surface area contributed by atoms with Crippen LogP contribution < -0.4 is 4.72 Å². The molecule has 1 aromatic carbocycles. The van der Waals surface area contributed by atoms with Gasteiger partial charge in [0.05, 0.1) is 10.9 Å². The fourth-order valence-corrected chi connectivity index (χ4v) is 5.11. The number of aromatic nitrogens is 3. The third-order valence-corrected chi connectivity index (χ3v) is 7.23. The van der Waals surface area contributed by atoms with Gasteiger partial charge in [0, 0.05) is 25.0 Å². The molecule has 0 spiro atoms. The molecule has 1 unspecified atom stereocenters. The molecule has 8 nitrogen and oxygen atoms in total. The lowest BCUT2D eigenvalue weighted by molar-refractivity contribution is -0.133. The molecule has 0 bridgehead atoms. The van der Waals surface area contributed by atoms with Crippen molar-refractivity contribution in [2.75, 3.05) is 13.1 Å². The van der Waals surface area contributed by atoms with Crippen molar-refractivity contribution in [1.82, 2.24) is 24.4 Å². The second kappa shape index (κ2) is 7.87. The summed E-state index contributed by atoms with van der Waals surface area (Å²) in [6.07, 6.45) is 5.91. The van der Waals surface area contributed by atoms with E-state index in [9.17, 15) is 13.2 Å². The van der Waals surface area contributed by atoms with Gasteiger partial charge < -0.3 is 9.47 Å². The summed E-state index contributed by atoms with van der Waals surface area (Å²) < 4.78 is 29.9. The van der Waals surface area contributed by atoms with Crippen LogP contribution in [-0.4, -0.2) is 53.1 Å². The third kappa shape index (κ3) is 4.35. The summed E-state index contributed by atoms with van der Waals surface area (Å²) in [5, 5.41) is 8.38. The van der Waals surface area contributed by atoms with E-state index in [1.54, 1.807) is 42.4 Å². The number of aryl methyl sites for hydroxylation is 1. The number of amides is 1. The van der Waals surface area contributed by atoms with Crippen molar-refractivity contribution in [3.05, 3.63) is 42.0 Å². The first-order valence-electron chi connectivity index (χ1n) is 10.1. The zero-order chi connectivity index (χ0) is 20.6. The van der Waals surface area contributed by atoms with Crippen LogP contribution in [0.25, 0.3) is 0 Å². The van der Waals surface area contributed by atoms with E-state index < -0.39 is 16.1 Å². The van der Waals surface area contributed by atoms with Crippen LogP contribution >= 0.6 is 0 Å². The molecule has 9 heteroatoms. The van der Waals surface area contributed by atoms with Crippen LogP contribution in [0, 0.1) is 6.92 Å². The Kier molecular flexibility index (Phi) is 5.44. The number of piperidine rings is 1. The van der Waals surface area contributed by atoms with Crippen LogP contribution in [0.1, 0.15) is 56.0 Å². The minimum Gasteiger partial charge on any atom is -0.341 e. The summed E-state index contributed by atoms with van der Waals surface area (Å²) in [5.74, 6) is 0.873. The van der Waals surface area contributed by atoms with Crippen LogP contribution in [0.4, 0.5) is 0 Å². The number of nitrogens with one attached hydrogen (secondary N) is 1. The van der Waals surface area contributed by atoms with Gasteiger partial charge in [-0.1, -0.05) is 17.7 Å². The predicted octanol–water partition coefficient (Wildman–Crippen LogP) is 1.99. The summed E-state index contributed by atoms with van der Waals surface area (Å²) in [4.78, 5) is 14.9. The lowest BCUT2D eigenvalue weighted by atomic mass is 9.96. The van der Waals surface area contributed by atoms with Gasteiger partial charge in [0.25, 0.3) is 0 Å². The summed E-state index contributed by atoms with van der Waals surface area (Å²) >= 11 is 0. The van der Waals surface area contributed by atoms with E-state index in [0.29, 0.717) is 19.1 Å². The highest BCUT2D eigenvalue weighted by molar-refractivity contribution is 7.89. The molecule has 1 aliphatic carbocycles. The average molecular weight is 418 g/mol. The normalized spacial score (nSPS) is 21.2. The molecule has 2 aromatic rings. The van der Waals surface area contributed by atoms with Crippen molar-refractivity contribution in [3.8, 4) is 0 Å². The smallest absolute Gasteiger partial charge is 0.241 e. The number of likely N-dealkylation sites (tertiary alicyclic amines) is 1. The Morgan fingerprint density at radius 3 is 2.62 bits per heavy atom. The Bertz CT molecular complexity index is 982. The SMILES string of the molecule is Cc1ccc(S(=O)(=O)N[C@@H](C)C(=O)N2CCCC(c3nncn3C3CC3)C2)cc1. The maximum Gasteiger partial charge on any atom is 0.241 e. The number of nitrogens with zero attached hydrogens (tertiary/aromatic N) is 4. The van der Waals surface area contributed by atoms with Crippen LogP contribution in [-0.2, 0) is 14.8 Å². The van der Waals surface area contributed by atoms with Gasteiger partial charge in [-0.05, 0) is 51.7 Å². The Balaban J connectivity index is 1.43. The van der Waals surface area contributed by atoms with Gasteiger partial charge in [-0.2, -0.15) is 4.72 Å². The van der Waals surface area contributed by atoms with Gasteiger partial charge in [0.1, 0.15) is 12.2 Å². The van der Waals surface area contributed by atoms with Gasteiger partial charge >= 0.3 is 0 Å². The molecule has 2 atom stereocenters. The molecule has 1 amide bonds. The number of hydrogen-bond donors (Lipinski definition) is 1. The van der Waals surface area contributed by atoms with Crippen LogP contribution in [0.15, 0.2) is 35.5 Å². The number of rotatable bonds is 6. The minimum atomic E-state index is -3.75. The molecule has 1 aromatic heterocycles. The summed E-state index contributed by atoms with van der Waals surface area (Å²) in [7, 11) is -3.75. The topological polar surface area (TPSA) is 97.2 Å². The van der Waals surface area contributed by atoms with Crippen LogP contribution in [0.5, 0.6) is 0 Å². The number of hydrogen-bond acceptors (Lipinski definition) is 5. The van der Waals surface area contributed by atoms with E-state index in [4.69, 9.17) is 0 Å². The number of sulfonamides is 1. The van der Waals surface area contributed by atoms with Gasteiger partial charge in [0.2, 0.25) is 15.9 Å². The first-order valence-corrected chi connectivity index (χ1v) is 11.6. The first kappa shape index (κ1) is 20.0. The molecule has 2 heterocycles. The molecular formula is C20H27N5O3S. The van der Waals surface area contributed by atoms with E-state index in [2.05, 4.69) is 19.5 Å². The van der Waals surface area contributed by atoms with Crippen LogP contribution in [0.3, 0.4) is 0 Å². The van der Waals surface area contributed by atoms with E-state index in [1.807, 2.05) is 6.92 Å². The molecule has 29 heavy (non-hydrogen) atoms. The Morgan fingerprint density at radius 1 is 1.21 bits per heavy atom. The second-order valence-corrected chi connectivity index (χ2v) is 9.82. The lowest BCUT2D eigenvalue weighted by Crippen LogP contribution is -2.49. The van der Waals surface area contributed by atoms with E-state index in [-0.39, 0.29) is 16.7 Å². The van der Waals surface area contributed by atoms with Gasteiger partial charge in [-0.15, -0.1) is 10.2 Å². The average Bonchev–Trinajstić information content (AvgIpc) is 3.43. The highest BCUT2D eigenvalue weighted by Gasteiger charge is 2.34. The molecule has 1 saturated carbocycles. The molecule has 2 fully saturated rings. The number of carbonyl (C=O) groups is 1. The predicted molar refractivity (Wildman–Crippen MR) is 108 cm³/mol. The Hall–Kier alpha value is -2.26. The van der Waals surface area contributed by atoms with Crippen molar-refractivity contribution in [1.29, 1.82) is 0 Å².